The standard InChI is InChI=1S/C19H19NO5/c21-18(20-10-11-24-17(12-20)19(22)23)15-6-8-16(9-7-15)25-13-14-4-2-1-3-5-14/h1-9,17H,10-13H2,(H,22,23). The number of aliphatic carboxylic acids is 1. The molecule has 0 saturated carbocycles. The fourth-order valence-electron chi connectivity index (χ4n) is 2.60. The summed E-state index contributed by atoms with van der Waals surface area (Å²) in [5, 5.41) is 9.02. The molecule has 1 amide bonds. The summed E-state index contributed by atoms with van der Waals surface area (Å²) in [6.45, 7) is 1.12. The topological polar surface area (TPSA) is 76.1 Å². The minimum atomic E-state index is -1.05. The molecule has 6 heteroatoms. The number of ether oxygens (including phenoxy) is 2. The van der Waals surface area contributed by atoms with Crippen molar-refractivity contribution in [3.63, 3.8) is 0 Å². The van der Waals surface area contributed by atoms with Crippen molar-refractivity contribution in [3.8, 4) is 5.75 Å². The lowest BCUT2D eigenvalue weighted by atomic mass is 10.1. The highest BCUT2D eigenvalue weighted by molar-refractivity contribution is 5.94. The SMILES string of the molecule is O=C(O)C1CN(C(=O)c2ccc(OCc3ccccc3)cc2)CCO1. The van der Waals surface area contributed by atoms with Crippen LogP contribution in [-0.2, 0) is 16.1 Å². The zero-order valence-corrected chi connectivity index (χ0v) is 13.6. The van der Waals surface area contributed by atoms with Gasteiger partial charge in [0, 0.05) is 12.1 Å². The molecule has 0 aromatic heterocycles. The third-order valence-electron chi connectivity index (χ3n) is 3.98. The van der Waals surface area contributed by atoms with Crippen LogP contribution in [0.5, 0.6) is 5.75 Å². The van der Waals surface area contributed by atoms with Crippen molar-refractivity contribution in [2.24, 2.45) is 0 Å². The molecule has 2 aromatic rings. The number of morpholine rings is 1. The Morgan fingerprint density at radius 1 is 1.12 bits per heavy atom. The van der Waals surface area contributed by atoms with Gasteiger partial charge in [0.2, 0.25) is 0 Å². The summed E-state index contributed by atoms with van der Waals surface area (Å²) < 4.78 is 10.8. The number of benzene rings is 2. The fourth-order valence-corrected chi connectivity index (χ4v) is 2.60. The summed E-state index contributed by atoms with van der Waals surface area (Å²) in [4.78, 5) is 25.0. The van der Waals surface area contributed by atoms with Gasteiger partial charge in [0.1, 0.15) is 12.4 Å². The molecule has 3 rings (SSSR count). The Kier molecular flexibility index (Phi) is 5.30. The lowest BCUT2D eigenvalue weighted by Crippen LogP contribution is -2.48. The summed E-state index contributed by atoms with van der Waals surface area (Å²) in [5.74, 6) is -0.586. The molecule has 0 spiro atoms. The highest BCUT2D eigenvalue weighted by Gasteiger charge is 2.29. The van der Waals surface area contributed by atoms with Crippen LogP contribution in [0, 0.1) is 0 Å². The molecule has 2 aromatic carbocycles. The van der Waals surface area contributed by atoms with Gasteiger partial charge in [-0.2, -0.15) is 0 Å². The van der Waals surface area contributed by atoms with Crippen molar-refractivity contribution in [1.29, 1.82) is 0 Å². The van der Waals surface area contributed by atoms with Crippen LogP contribution in [0.15, 0.2) is 54.6 Å². The molecule has 1 unspecified atom stereocenters. The molecule has 0 radical (unpaired) electrons. The summed E-state index contributed by atoms with van der Waals surface area (Å²) in [6.07, 6.45) is -0.967. The average molecular weight is 341 g/mol. The van der Waals surface area contributed by atoms with Crippen LogP contribution in [0.4, 0.5) is 0 Å². The summed E-state index contributed by atoms with van der Waals surface area (Å²) in [7, 11) is 0. The van der Waals surface area contributed by atoms with Crippen molar-refractivity contribution in [2.75, 3.05) is 19.7 Å². The highest BCUT2D eigenvalue weighted by Crippen LogP contribution is 2.17. The number of carboxylic acid groups (broad SMARTS) is 1. The summed E-state index contributed by atoms with van der Waals surface area (Å²) in [5.41, 5.74) is 1.56. The lowest BCUT2D eigenvalue weighted by Gasteiger charge is -2.30. The second-order valence-electron chi connectivity index (χ2n) is 5.75. The predicted molar refractivity (Wildman–Crippen MR) is 90.5 cm³/mol. The highest BCUT2D eigenvalue weighted by atomic mass is 16.5. The molecule has 1 aliphatic heterocycles. The maximum absolute atomic E-state index is 12.5. The van der Waals surface area contributed by atoms with Crippen LogP contribution in [0.2, 0.25) is 0 Å². The zero-order valence-electron chi connectivity index (χ0n) is 13.6. The molecule has 1 heterocycles. The van der Waals surface area contributed by atoms with Gasteiger partial charge in [-0.3, -0.25) is 4.79 Å². The van der Waals surface area contributed by atoms with Gasteiger partial charge in [0.15, 0.2) is 6.10 Å². The van der Waals surface area contributed by atoms with E-state index in [1.54, 1.807) is 24.3 Å². The van der Waals surface area contributed by atoms with Crippen LogP contribution < -0.4 is 4.74 Å². The van der Waals surface area contributed by atoms with Crippen LogP contribution >= 0.6 is 0 Å². The van der Waals surface area contributed by atoms with E-state index in [1.165, 1.54) is 4.90 Å². The Morgan fingerprint density at radius 2 is 1.84 bits per heavy atom. The fraction of sp³-hybridized carbons (Fsp3) is 0.263. The molecule has 1 N–H and O–H groups in total. The first kappa shape index (κ1) is 17.0. The molecule has 0 bridgehead atoms. The number of nitrogens with zero attached hydrogens (tertiary/aromatic N) is 1. The van der Waals surface area contributed by atoms with E-state index >= 15 is 0 Å². The first-order valence-electron chi connectivity index (χ1n) is 8.04. The van der Waals surface area contributed by atoms with E-state index in [9.17, 15) is 9.59 Å². The molecule has 1 aliphatic rings. The van der Waals surface area contributed by atoms with E-state index in [2.05, 4.69) is 0 Å². The maximum atomic E-state index is 12.5. The number of hydrogen-bond acceptors (Lipinski definition) is 4. The van der Waals surface area contributed by atoms with E-state index in [0.717, 1.165) is 5.56 Å². The van der Waals surface area contributed by atoms with Crippen molar-refractivity contribution in [1.82, 2.24) is 4.90 Å². The average Bonchev–Trinajstić information content (AvgIpc) is 2.67. The Bertz CT molecular complexity index is 729. The van der Waals surface area contributed by atoms with Crippen LogP contribution in [0.1, 0.15) is 15.9 Å². The van der Waals surface area contributed by atoms with Crippen molar-refractivity contribution in [2.45, 2.75) is 12.7 Å². The monoisotopic (exact) mass is 341 g/mol. The minimum absolute atomic E-state index is 0.0560. The van der Waals surface area contributed by atoms with Gasteiger partial charge in [-0.25, -0.2) is 4.79 Å². The van der Waals surface area contributed by atoms with E-state index in [1.807, 2.05) is 30.3 Å². The van der Waals surface area contributed by atoms with Gasteiger partial charge in [-0.1, -0.05) is 30.3 Å². The Labute approximate surface area is 145 Å². The van der Waals surface area contributed by atoms with Gasteiger partial charge in [0.25, 0.3) is 5.91 Å². The van der Waals surface area contributed by atoms with Gasteiger partial charge in [-0.15, -0.1) is 0 Å². The van der Waals surface area contributed by atoms with E-state index in [4.69, 9.17) is 14.6 Å². The van der Waals surface area contributed by atoms with Crippen LogP contribution in [0.3, 0.4) is 0 Å². The summed E-state index contributed by atoms with van der Waals surface area (Å²) >= 11 is 0. The quantitative estimate of drug-likeness (QED) is 0.902. The second kappa shape index (κ2) is 7.81. The predicted octanol–water partition coefficient (Wildman–Crippen LogP) is 2.19. The van der Waals surface area contributed by atoms with Crippen LogP contribution in [0.25, 0.3) is 0 Å². The molecular weight excluding hydrogens is 322 g/mol. The minimum Gasteiger partial charge on any atom is -0.489 e. The third kappa shape index (κ3) is 4.36. The number of carbonyl (C=O) groups excluding carboxylic acids is 1. The Morgan fingerprint density at radius 3 is 2.52 bits per heavy atom. The number of amides is 1. The lowest BCUT2D eigenvalue weighted by molar-refractivity contribution is -0.154. The Balaban J connectivity index is 1.59. The largest absolute Gasteiger partial charge is 0.489 e. The molecule has 6 nitrogen and oxygen atoms in total. The Hall–Kier alpha value is -2.86. The van der Waals surface area contributed by atoms with E-state index < -0.39 is 12.1 Å². The third-order valence-corrected chi connectivity index (χ3v) is 3.98. The molecule has 25 heavy (non-hydrogen) atoms. The normalized spacial score (nSPS) is 17.1. The zero-order chi connectivity index (χ0) is 17.6. The number of rotatable bonds is 5. The molecule has 1 atom stereocenters. The van der Waals surface area contributed by atoms with Crippen molar-refractivity contribution in [3.05, 3.63) is 65.7 Å². The van der Waals surface area contributed by atoms with E-state index in [0.29, 0.717) is 24.5 Å². The number of hydrogen-bond donors (Lipinski definition) is 1. The van der Waals surface area contributed by atoms with E-state index in [-0.39, 0.29) is 19.1 Å². The van der Waals surface area contributed by atoms with Crippen molar-refractivity contribution >= 4 is 11.9 Å². The van der Waals surface area contributed by atoms with Gasteiger partial charge < -0.3 is 19.5 Å². The van der Waals surface area contributed by atoms with Crippen molar-refractivity contribution < 1.29 is 24.2 Å². The molecular formula is C19H19NO5. The first-order chi connectivity index (χ1) is 12.1. The van der Waals surface area contributed by atoms with Gasteiger partial charge in [-0.05, 0) is 29.8 Å². The molecule has 0 aliphatic carbocycles. The molecule has 1 saturated heterocycles. The maximum Gasteiger partial charge on any atom is 0.334 e. The molecule has 130 valence electrons. The summed E-state index contributed by atoms with van der Waals surface area (Å²) in [6, 6.07) is 16.7. The smallest absolute Gasteiger partial charge is 0.334 e. The van der Waals surface area contributed by atoms with Gasteiger partial charge >= 0.3 is 5.97 Å². The van der Waals surface area contributed by atoms with Crippen LogP contribution in [-0.4, -0.2) is 47.7 Å². The number of carboxylic acids is 1. The first-order valence-corrected chi connectivity index (χ1v) is 8.04. The molecule has 1 fully saturated rings. The van der Waals surface area contributed by atoms with Gasteiger partial charge in [0.05, 0.1) is 13.2 Å². The second-order valence-corrected chi connectivity index (χ2v) is 5.75. The number of carbonyl (C=O) groups is 2.